The molecule has 0 aliphatic carbocycles. The van der Waals surface area contributed by atoms with Crippen LogP contribution in [0, 0.1) is 5.92 Å². The molecule has 3 heteroatoms. The van der Waals surface area contributed by atoms with Gasteiger partial charge in [0.2, 0.25) is 0 Å². The molecule has 1 aromatic carbocycles. The van der Waals surface area contributed by atoms with Gasteiger partial charge in [-0.05, 0) is 30.7 Å². The van der Waals surface area contributed by atoms with E-state index in [0.717, 1.165) is 11.3 Å². The summed E-state index contributed by atoms with van der Waals surface area (Å²) in [7, 11) is 0. The average molecular weight is 239 g/mol. The van der Waals surface area contributed by atoms with E-state index in [2.05, 4.69) is 6.92 Å². The van der Waals surface area contributed by atoms with Gasteiger partial charge in [-0.3, -0.25) is 0 Å². The zero-order valence-electron chi connectivity index (χ0n) is 10.0. The van der Waals surface area contributed by atoms with Gasteiger partial charge in [-0.1, -0.05) is 37.3 Å². The molecule has 2 unspecified atom stereocenters. The van der Waals surface area contributed by atoms with E-state index in [9.17, 15) is 5.11 Å². The molecule has 2 nitrogen and oxygen atoms in total. The second-order valence-electron chi connectivity index (χ2n) is 4.50. The maximum absolute atomic E-state index is 10.3. The predicted molar refractivity (Wildman–Crippen MR) is 71.6 cm³/mol. The van der Waals surface area contributed by atoms with Gasteiger partial charge < -0.3 is 10.8 Å². The molecule has 0 saturated carbocycles. The number of benzene rings is 1. The average Bonchev–Trinajstić information content (AvgIpc) is 2.30. The van der Waals surface area contributed by atoms with Crippen LogP contribution in [-0.4, -0.2) is 23.2 Å². The molecule has 0 saturated heterocycles. The van der Waals surface area contributed by atoms with Gasteiger partial charge in [-0.15, -0.1) is 0 Å². The summed E-state index contributed by atoms with van der Waals surface area (Å²) in [4.78, 5) is 0. The number of aliphatic hydroxyl groups is 1. The first-order chi connectivity index (χ1) is 7.56. The van der Waals surface area contributed by atoms with Crippen LogP contribution in [0.1, 0.15) is 19.4 Å². The van der Waals surface area contributed by atoms with Gasteiger partial charge in [-0.25, -0.2) is 0 Å². The van der Waals surface area contributed by atoms with E-state index in [4.69, 9.17) is 5.73 Å². The molecular weight excluding hydrogens is 218 g/mol. The summed E-state index contributed by atoms with van der Waals surface area (Å²) in [6, 6.07) is 9.80. The maximum atomic E-state index is 10.3. The molecule has 1 rings (SSSR count). The Morgan fingerprint density at radius 3 is 2.56 bits per heavy atom. The predicted octanol–water partition coefficient (Wildman–Crippen LogP) is 2.22. The molecule has 0 radical (unpaired) electrons. The van der Waals surface area contributed by atoms with Crippen LogP contribution in [0.15, 0.2) is 30.3 Å². The summed E-state index contributed by atoms with van der Waals surface area (Å²) < 4.78 is 0. The SMILES string of the molecule is CC(CN)CSCC(C)(O)c1ccccc1. The quantitative estimate of drug-likeness (QED) is 0.800. The Kier molecular flexibility index (Phi) is 5.32. The first kappa shape index (κ1) is 13.6. The Bertz CT molecular complexity index is 300. The Labute approximate surface area is 102 Å². The van der Waals surface area contributed by atoms with E-state index in [0.29, 0.717) is 18.2 Å². The first-order valence-electron chi connectivity index (χ1n) is 5.62. The van der Waals surface area contributed by atoms with Crippen molar-refractivity contribution in [2.75, 3.05) is 18.1 Å². The van der Waals surface area contributed by atoms with Crippen LogP contribution < -0.4 is 5.73 Å². The first-order valence-corrected chi connectivity index (χ1v) is 6.77. The van der Waals surface area contributed by atoms with Crippen molar-refractivity contribution in [3.05, 3.63) is 35.9 Å². The van der Waals surface area contributed by atoms with Crippen molar-refractivity contribution in [1.29, 1.82) is 0 Å². The minimum absolute atomic E-state index is 0.511. The van der Waals surface area contributed by atoms with Crippen LogP contribution in [0.25, 0.3) is 0 Å². The highest BCUT2D eigenvalue weighted by molar-refractivity contribution is 7.99. The van der Waals surface area contributed by atoms with Crippen LogP contribution in [-0.2, 0) is 5.60 Å². The molecule has 0 amide bonds. The van der Waals surface area contributed by atoms with Crippen molar-refractivity contribution < 1.29 is 5.11 Å². The Hall–Kier alpha value is -0.510. The van der Waals surface area contributed by atoms with Gasteiger partial charge in [-0.2, -0.15) is 11.8 Å². The smallest absolute Gasteiger partial charge is 0.0958 e. The summed E-state index contributed by atoms with van der Waals surface area (Å²) in [5.41, 5.74) is 5.78. The fourth-order valence-electron chi connectivity index (χ4n) is 1.41. The van der Waals surface area contributed by atoms with Crippen molar-refractivity contribution in [2.24, 2.45) is 11.7 Å². The van der Waals surface area contributed by atoms with Crippen LogP contribution >= 0.6 is 11.8 Å². The fraction of sp³-hybridized carbons (Fsp3) is 0.538. The van der Waals surface area contributed by atoms with E-state index in [1.165, 1.54) is 0 Å². The summed E-state index contributed by atoms with van der Waals surface area (Å²) >= 11 is 1.76. The third-order valence-electron chi connectivity index (χ3n) is 2.58. The molecular formula is C13H21NOS. The highest BCUT2D eigenvalue weighted by Crippen LogP contribution is 2.25. The van der Waals surface area contributed by atoms with Crippen LogP contribution in [0.5, 0.6) is 0 Å². The Balaban J connectivity index is 2.46. The monoisotopic (exact) mass is 239 g/mol. The van der Waals surface area contributed by atoms with Gasteiger partial charge in [0, 0.05) is 5.75 Å². The van der Waals surface area contributed by atoms with Crippen LogP contribution in [0.4, 0.5) is 0 Å². The Morgan fingerprint density at radius 1 is 1.38 bits per heavy atom. The lowest BCUT2D eigenvalue weighted by atomic mass is 9.99. The third-order valence-corrected chi connectivity index (χ3v) is 4.15. The van der Waals surface area contributed by atoms with E-state index in [-0.39, 0.29) is 0 Å². The highest BCUT2D eigenvalue weighted by atomic mass is 32.2. The van der Waals surface area contributed by atoms with Gasteiger partial charge in [0.15, 0.2) is 0 Å². The molecule has 16 heavy (non-hydrogen) atoms. The molecule has 3 N–H and O–H groups in total. The molecule has 90 valence electrons. The minimum Gasteiger partial charge on any atom is -0.385 e. The molecule has 0 aromatic heterocycles. The van der Waals surface area contributed by atoms with Crippen LogP contribution in [0.3, 0.4) is 0 Å². The zero-order valence-corrected chi connectivity index (χ0v) is 10.8. The van der Waals surface area contributed by atoms with Gasteiger partial charge in [0.25, 0.3) is 0 Å². The lowest BCUT2D eigenvalue weighted by Gasteiger charge is -2.24. The third kappa shape index (κ3) is 4.16. The topological polar surface area (TPSA) is 46.2 Å². The van der Waals surface area contributed by atoms with Gasteiger partial charge in [0.05, 0.1) is 5.60 Å². The van der Waals surface area contributed by atoms with Crippen molar-refractivity contribution in [2.45, 2.75) is 19.4 Å². The Morgan fingerprint density at radius 2 is 2.00 bits per heavy atom. The lowest BCUT2D eigenvalue weighted by molar-refractivity contribution is 0.0839. The van der Waals surface area contributed by atoms with Crippen molar-refractivity contribution in [3.8, 4) is 0 Å². The van der Waals surface area contributed by atoms with E-state index in [1.807, 2.05) is 37.3 Å². The second kappa shape index (κ2) is 6.28. The fourth-order valence-corrected chi connectivity index (χ4v) is 2.63. The van der Waals surface area contributed by atoms with Crippen molar-refractivity contribution >= 4 is 11.8 Å². The zero-order chi connectivity index (χ0) is 12.0. The molecule has 0 bridgehead atoms. The largest absolute Gasteiger partial charge is 0.385 e. The summed E-state index contributed by atoms with van der Waals surface area (Å²) in [6.07, 6.45) is 0. The molecule has 0 aliphatic heterocycles. The minimum atomic E-state index is -0.750. The van der Waals surface area contributed by atoms with E-state index < -0.39 is 5.60 Å². The van der Waals surface area contributed by atoms with Crippen LogP contribution in [0.2, 0.25) is 0 Å². The van der Waals surface area contributed by atoms with Gasteiger partial charge in [0.1, 0.15) is 0 Å². The maximum Gasteiger partial charge on any atom is 0.0958 e. The number of nitrogens with two attached hydrogens (primary N) is 1. The molecule has 0 aliphatic rings. The molecule has 2 atom stereocenters. The summed E-state index contributed by atoms with van der Waals surface area (Å²) in [6.45, 7) is 4.70. The van der Waals surface area contributed by atoms with Crippen molar-refractivity contribution in [1.82, 2.24) is 0 Å². The number of thioether (sulfide) groups is 1. The number of hydrogen-bond donors (Lipinski definition) is 2. The summed E-state index contributed by atoms with van der Waals surface area (Å²) in [5.74, 6) is 2.22. The lowest BCUT2D eigenvalue weighted by Crippen LogP contribution is -2.25. The molecule has 0 spiro atoms. The second-order valence-corrected chi connectivity index (χ2v) is 5.53. The number of rotatable bonds is 6. The van der Waals surface area contributed by atoms with Gasteiger partial charge >= 0.3 is 0 Å². The molecule has 0 heterocycles. The van der Waals surface area contributed by atoms with Crippen molar-refractivity contribution in [3.63, 3.8) is 0 Å². The van der Waals surface area contributed by atoms with E-state index in [1.54, 1.807) is 11.8 Å². The number of hydrogen-bond acceptors (Lipinski definition) is 3. The molecule has 1 aromatic rings. The highest BCUT2D eigenvalue weighted by Gasteiger charge is 2.22. The normalized spacial score (nSPS) is 16.8. The van der Waals surface area contributed by atoms with E-state index >= 15 is 0 Å². The standard InChI is InChI=1S/C13H21NOS/c1-11(8-14)9-16-10-13(2,15)12-6-4-3-5-7-12/h3-7,11,15H,8-10,14H2,1-2H3. The molecule has 0 fully saturated rings. The summed E-state index contributed by atoms with van der Waals surface area (Å²) in [5, 5.41) is 10.3.